The maximum absolute atomic E-state index is 13.8. The molecule has 1 heterocycles. The van der Waals surface area contributed by atoms with Crippen LogP contribution in [0.4, 0.5) is 4.39 Å². The van der Waals surface area contributed by atoms with Gasteiger partial charge in [-0.05, 0) is 36.4 Å². The lowest BCUT2D eigenvalue weighted by Gasteiger charge is -2.03. The number of hydrogen-bond donors (Lipinski definition) is 2. The Hall–Kier alpha value is -4.17. The molecule has 126 valence electrons. The molecule has 0 aliphatic rings. The van der Waals surface area contributed by atoms with Crippen LogP contribution in [0.5, 0.6) is 11.6 Å². The van der Waals surface area contributed by atoms with Crippen molar-refractivity contribution in [3.05, 3.63) is 70.7 Å². The zero-order valence-corrected chi connectivity index (χ0v) is 13.0. The third-order valence-electron chi connectivity index (χ3n) is 3.18. The quantitative estimate of drug-likeness (QED) is 0.704. The number of nitrogens with zero attached hydrogens (tertiary/aromatic N) is 3. The maximum Gasteiger partial charge on any atom is 0.359 e. The Morgan fingerprint density at radius 3 is 2.50 bits per heavy atom. The first-order valence-corrected chi connectivity index (χ1v) is 7.20. The van der Waals surface area contributed by atoms with E-state index in [4.69, 9.17) is 15.1 Å². The summed E-state index contributed by atoms with van der Waals surface area (Å²) < 4.78 is 19.1. The van der Waals surface area contributed by atoms with E-state index >= 15 is 0 Å². The first-order valence-electron chi connectivity index (χ1n) is 7.20. The largest absolute Gasteiger partial charge is 0.476 e. The molecule has 0 fully saturated rings. The van der Waals surface area contributed by atoms with Gasteiger partial charge in [0.1, 0.15) is 11.6 Å². The molecule has 0 unspecified atom stereocenters. The highest BCUT2D eigenvalue weighted by Crippen LogP contribution is 2.23. The molecule has 1 aromatic heterocycles. The summed E-state index contributed by atoms with van der Waals surface area (Å²) >= 11 is 0. The Kier molecular flexibility index (Phi) is 4.59. The summed E-state index contributed by atoms with van der Waals surface area (Å²) in [6.07, 6.45) is 0. The number of carbonyl (C=O) groups is 1. The molecule has 0 amide bonds. The summed E-state index contributed by atoms with van der Waals surface area (Å²) in [4.78, 5) is 11.0. The van der Waals surface area contributed by atoms with Crippen LogP contribution in [-0.2, 0) is 0 Å². The van der Waals surface area contributed by atoms with Crippen LogP contribution in [0.15, 0.2) is 42.5 Å². The van der Waals surface area contributed by atoms with Crippen molar-refractivity contribution in [1.29, 1.82) is 5.26 Å². The standard InChI is InChI=1S/C18H9FN4O3/c19-14-7-13(6-3-11-1-4-12(10-20)5-2-11)8-15(9-14)26-17-16(18(24)25)21-23-22-17/h1-2,4-5,7-9H,(H,24,25)(H,21,22,23). The molecule has 3 rings (SSSR count). The second-order valence-electron chi connectivity index (χ2n) is 5.01. The summed E-state index contributed by atoms with van der Waals surface area (Å²) in [6, 6.07) is 12.3. The van der Waals surface area contributed by atoms with E-state index in [0.717, 1.165) is 6.07 Å². The molecule has 2 N–H and O–H groups in total. The number of H-pyrrole nitrogens is 1. The molecular weight excluding hydrogens is 339 g/mol. The zero-order valence-electron chi connectivity index (χ0n) is 13.0. The van der Waals surface area contributed by atoms with Gasteiger partial charge in [-0.1, -0.05) is 22.2 Å². The van der Waals surface area contributed by atoms with Crippen molar-refractivity contribution in [2.24, 2.45) is 0 Å². The van der Waals surface area contributed by atoms with E-state index in [9.17, 15) is 9.18 Å². The van der Waals surface area contributed by atoms with Crippen molar-refractivity contribution in [2.45, 2.75) is 0 Å². The van der Waals surface area contributed by atoms with Gasteiger partial charge >= 0.3 is 5.97 Å². The van der Waals surface area contributed by atoms with Gasteiger partial charge in [0.05, 0.1) is 11.6 Å². The van der Waals surface area contributed by atoms with E-state index in [1.54, 1.807) is 24.3 Å². The average Bonchev–Trinajstić information content (AvgIpc) is 3.08. The molecule has 8 heteroatoms. The number of halogens is 1. The Bertz CT molecular complexity index is 1070. The fourth-order valence-electron chi connectivity index (χ4n) is 2.01. The predicted octanol–water partition coefficient (Wildman–Crippen LogP) is 2.71. The maximum atomic E-state index is 13.8. The lowest BCUT2D eigenvalue weighted by molar-refractivity contribution is 0.0687. The van der Waals surface area contributed by atoms with Crippen LogP contribution in [0.3, 0.4) is 0 Å². The first-order chi connectivity index (χ1) is 12.5. The number of benzene rings is 2. The van der Waals surface area contributed by atoms with Crippen LogP contribution in [0.2, 0.25) is 0 Å². The molecule has 0 saturated heterocycles. The number of aromatic nitrogens is 3. The molecule has 2 aromatic carbocycles. The van der Waals surface area contributed by atoms with Gasteiger partial charge in [-0.2, -0.15) is 5.26 Å². The van der Waals surface area contributed by atoms with E-state index in [1.165, 1.54) is 12.1 Å². The fraction of sp³-hybridized carbons (Fsp3) is 0. The number of carboxylic acid groups (broad SMARTS) is 1. The summed E-state index contributed by atoms with van der Waals surface area (Å²) in [7, 11) is 0. The summed E-state index contributed by atoms with van der Waals surface area (Å²) in [5, 5.41) is 26.8. The van der Waals surface area contributed by atoms with E-state index < -0.39 is 11.8 Å². The van der Waals surface area contributed by atoms with Gasteiger partial charge < -0.3 is 9.84 Å². The lowest BCUT2D eigenvalue weighted by atomic mass is 10.1. The molecule has 3 aromatic rings. The van der Waals surface area contributed by atoms with Gasteiger partial charge in [-0.25, -0.2) is 14.3 Å². The highest BCUT2D eigenvalue weighted by molar-refractivity contribution is 5.87. The Morgan fingerprint density at radius 1 is 1.12 bits per heavy atom. The van der Waals surface area contributed by atoms with Crippen molar-refractivity contribution in [3.63, 3.8) is 0 Å². The highest BCUT2D eigenvalue weighted by atomic mass is 19.1. The Labute approximate surface area is 146 Å². The SMILES string of the molecule is N#Cc1ccc(C#Cc2cc(F)cc(Oc3nn[nH]c3C(=O)O)c2)cc1. The third kappa shape index (κ3) is 3.83. The predicted molar refractivity (Wildman–Crippen MR) is 87.0 cm³/mol. The van der Waals surface area contributed by atoms with Crippen LogP contribution < -0.4 is 4.74 Å². The number of nitrogens with one attached hydrogen (secondary N) is 1. The molecule has 0 bridgehead atoms. The van der Waals surface area contributed by atoms with E-state index in [0.29, 0.717) is 16.7 Å². The number of nitriles is 1. The molecule has 26 heavy (non-hydrogen) atoms. The minimum absolute atomic E-state index is 0.0329. The number of aromatic carboxylic acids is 1. The van der Waals surface area contributed by atoms with E-state index in [-0.39, 0.29) is 17.3 Å². The highest BCUT2D eigenvalue weighted by Gasteiger charge is 2.17. The normalized spacial score (nSPS) is 9.69. The summed E-state index contributed by atoms with van der Waals surface area (Å²) in [5.74, 6) is 3.47. The van der Waals surface area contributed by atoms with Gasteiger partial charge in [0.25, 0.3) is 5.88 Å². The summed E-state index contributed by atoms with van der Waals surface area (Å²) in [5.41, 5.74) is 1.14. The van der Waals surface area contributed by atoms with Crippen molar-refractivity contribution in [1.82, 2.24) is 15.4 Å². The van der Waals surface area contributed by atoms with Crippen molar-refractivity contribution in [2.75, 3.05) is 0 Å². The third-order valence-corrected chi connectivity index (χ3v) is 3.18. The molecule has 0 aliphatic heterocycles. The topological polar surface area (TPSA) is 112 Å². The van der Waals surface area contributed by atoms with Gasteiger partial charge in [0.15, 0.2) is 0 Å². The van der Waals surface area contributed by atoms with Crippen molar-refractivity contribution >= 4 is 5.97 Å². The first kappa shape index (κ1) is 16.7. The molecule has 0 atom stereocenters. The molecule has 0 radical (unpaired) electrons. The van der Waals surface area contributed by atoms with Crippen LogP contribution in [0, 0.1) is 29.0 Å². The van der Waals surface area contributed by atoms with Gasteiger partial charge in [0.2, 0.25) is 5.69 Å². The van der Waals surface area contributed by atoms with E-state index in [1.807, 2.05) is 6.07 Å². The molecule has 0 aliphatic carbocycles. The second kappa shape index (κ2) is 7.16. The zero-order chi connectivity index (χ0) is 18.5. The molecule has 0 spiro atoms. The monoisotopic (exact) mass is 348 g/mol. The lowest BCUT2D eigenvalue weighted by Crippen LogP contribution is -2.00. The molecule has 7 nitrogen and oxygen atoms in total. The van der Waals surface area contributed by atoms with Crippen LogP contribution in [0.1, 0.15) is 27.2 Å². The summed E-state index contributed by atoms with van der Waals surface area (Å²) in [6.45, 7) is 0. The number of ether oxygens (including phenoxy) is 1. The smallest absolute Gasteiger partial charge is 0.359 e. The van der Waals surface area contributed by atoms with Gasteiger partial charge in [-0.15, -0.1) is 0 Å². The number of aromatic amines is 1. The van der Waals surface area contributed by atoms with Crippen molar-refractivity contribution in [3.8, 4) is 29.5 Å². The fourth-order valence-corrected chi connectivity index (χ4v) is 2.01. The molecular formula is C18H9FN4O3. The number of hydrogen-bond acceptors (Lipinski definition) is 5. The van der Waals surface area contributed by atoms with Gasteiger partial charge in [0, 0.05) is 17.2 Å². The Morgan fingerprint density at radius 2 is 1.81 bits per heavy atom. The average molecular weight is 348 g/mol. The van der Waals surface area contributed by atoms with Crippen LogP contribution >= 0.6 is 0 Å². The molecule has 0 saturated carbocycles. The van der Waals surface area contributed by atoms with Gasteiger partial charge in [-0.3, -0.25) is 0 Å². The minimum Gasteiger partial charge on any atom is -0.476 e. The number of rotatable bonds is 3. The van der Waals surface area contributed by atoms with Crippen LogP contribution in [0.25, 0.3) is 0 Å². The second-order valence-corrected chi connectivity index (χ2v) is 5.01. The number of carboxylic acids is 1. The van der Waals surface area contributed by atoms with Crippen molar-refractivity contribution < 1.29 is 19.0 Å². The van der Waals surface area contributed by atoms with Crippen LogP contribution in [-0.4, -0.2) is 26.5 Å². The minimum atomic E-state index is -1.30. The Balaban J connectivity index is 1.86. The van der Waals surface area contributed by atoms with E-state index in [2.05, 4.69) is 27.3 Å².